The molecule has 7 heteroatoms. The summed E-state index contributed by atoms with van der Waals surface area (Å²) >= 11 is 0. The first-order valence-corrected chi connectivity index (χ1v) is 7.55. The van der Waals surface area contributed by atoms with Gasteiger partial charge in [0.2, 0.25) is 23.6 Å². The third-order valence-corrected chi connectivity index (χ3v) is 3.15. The van der Waals surface area contributed by atoms with Crippen molar-refractivity contribution in [1.29, 1.82) is 0 Å². The van der Waals surface area contributed by atoms with E-state index in [0.717, 1.165) is 17.5 Å². The Morgan fingerprint density at radius 3 is 2.35 bits per heavy atom. The van der Waals surface area contributed by atoms with Gasteiger partial charge in [0.25, 0.3) is 0 Å². The SMILES string of the molecule is CCCC(=O)NNC(=O)CCc1nnc(-c2ccc(C)cc2)o1. The van der Waals surface area contributed by atoms with Crippen LogP contribution in [0, 0.1) is 6.92 Å². The van der Waals surface area contributed by atoms with Crippen molar-refractivity contribution in [2.24, 2.45) is 0 Å². The summed E-state index contributed by atoms with van der Waals surface area (Å²) in [7, 11) is 0. The second-order valence-electron chi connectivity index (χ2n) is 5.21. The van der Waals surface area contributed by atoms with Gasteiger partial charge in [-0.1, -0.05) is 24.6 Å². The van der Waals surface area contributed by atoms with Crippen molar-refractivity contribution in [2.45, 2.75) is 39.5 Å². The number of hydrazine groups is 1. The molecule has 0 unspecified atom stereocenters. The Balaban J connectivity index is 1.81. The number of aromatic nitrogens is 2. The topological polar surface area (TPSA) is 97.1 Å². The molecule has 0 fully saturated rings. The number of aryl methyl sites for hydroxylation is 2. The summed E-state index contributed by atoms with van der Waals surface area (Å²) in [6.07, 6.45) is 1.58. The fraction of sp³-hybridized carbons (Fsp3) is 0.375. The van der Waals surface area contributed by atoms with Crippen LogP contribution in [0.4, 0.5) is 0 Å². The summed E-state index contributed by atoms with van der Waals surface area (Å²) in [6.45, 7) is 3.89. The van der Waals surface area contributed by atoms with E-state index in [1.54, 1.807) is 0 Å². The van der Waals surface area contributed by atoms with E-state index in [1.165, 1.54) is 0 Å². The van der Waals surface area contributed by atoms with Gasteiger partial charge in [-0.15, -0.1) is 10.2 Å². The highest BCUT2D eigenvalue weighted by atomic mass is 16.4. The standard InChI is InChI=1S/C16H20N4O3/c1-3-4-13(21)17-18-14(22)9-10-15-19-20-16(23-15)12-7-5-11(2)6-8-12/h5-8H,3-4,9-10H2,1-2H3,(H,17,21)(H,18,22). The van der Waals surface area contributed by atoms with Crippen LogP contribution in [0.25, 0.3) is 11.5 Å². The molecule has 122 valence electrons. The van der Waals surface area contributed by atoms with Crippen LogP contribution in [0.5, 0.6) is 0 Å². The third kappa shape index (κ3) is 5.21. The molecule has 2 rings (SSSR count). The lowest BCUT2D eigenvalue weighted by Crippen LogP contribution is -2.41. The summed E-state index contributed by atoms with van der Waals surface area (Å²) in [4.78, 5) is 22.9. The van der Waals surface area contributed by atoms with Crippen LogP contribution in [0.2, 0.25) is 0 Å². The van der Waals surface area contributed by atoms with Crippen molar-refractivity contribution >= 4 is 11.8 Å². The lowest BCUT2D eigenvalue weighted by molar-refractivity contribution is -0.128. The maximum Gasteiger partial charge on any atom is 0.247 e. The van der Waals surface area contributed by atoms with Crippen molar-refractivity contribution in [3.63, 3.8) is 0 Å². The molecule has 23 heavy (non-hydrogen) atoms. The maximum absolute atomic E-state index is 11.6. The molecule has 0 radical (unpaired) electrons. The molecule has 0 aliphatic carbocycles. The van der Waals surface area contributed by atoms with Crippen molar-refractivity contribution in [2.75, 3.05) is 0 Å². The van der Waals surface area contributed by atoms with Gasteiger partial charge in [-0.25, -0.2) is 0 Å². The van der Waals surface area contributed by atoms with E-state index in [4.69, 9.17) is 4.42 Å². The Labute approximate surface area is 134 Å². The molecule has 1 aromatic heterocycles. The first-order valence-electron chi connectivity index (χ1n) is 7.55. The van der Waals surface area contributed by atoms with E-state index in [1.807, 2.05) is 38.1 Å². The number of nitrogens with zero attached hydrogens (tertiary/aromatic N) is 2. The molecular formula is C16H20N4O3. The van der Waals surface area contributed by atoms with Crippen molar-refractivity contribution in [3.05, 3.63) is 35.7 Å². The highest BCUT2D eigenvalue weighted by Crippen LogP contribution is 2.18. The average Bonchev–Trinajstić information content (AvgIpc) is 3.01. The Morgan fingerprint density at radius 2 is 1.70 bits per heavy atom. The van der Waals surface area contributed by atoms with E-state index in [9.17, 15) is 9.59 Å². The minimum absolute atomic E-state index is 0.155. The van der Waals surface area contributed by atoms with E-state index in [2.05, 4.69) is 21.0 Å². The molecule has 2 aromatic rings. The van der Waals surface area contributed by atoms with Gasteiger partial charge >= 0.3 is 0 Å². The largest absolute Gasteiger partial charge is 0.421 e. The van der Waals surface area contributed by atoms with Crippen LogP contribution >= 0.6 is 0 Å². The Bertz CT molecular complexity index is 664. The molecular weight excluding hydrogens is 296 g/mol. The Morgan fingerprint density at radius 1 is 1.04 bits per heavy atom. The van der Waals surface area contributed by atoms with Crippen molar-refractivity contribution in [3.8, 4) is 11.5 Å². The van der Waals surface area contributed by atoms with E-state index < -0.39 is 0 Å². The molecule has 0 saturated carbocycles. The van der Waals surface area contributed by atoms with Crippen molar-refractivity contribution < 1.29 is 14.0 Å². The molecule has 2 N–H and O–H groups in total. The fourth-order valence-electron chi connectivity index (χ4n) is 1.88. The van der Waals surface area contributed by atoms with Gasteiger partial charge in [0.05, 0.1) is 0 Å². The lowest BCUT2D eigenvalue weighted by Gasteiger charge is -2.05. The zero-order valence-electron chi connectivity index (χ0n) is 13.3. The molecule has 0 aliphatic heterocycles. The van der Waals surface area contributed by atoms with Gasteiger partial charge in [-0.05, 0) is 25.5 Å². The number of benzene rings is 1. The molecule has 7 nitrogen and oxygen atoms in total. The van der Waals surface area contributed by atoms with E-state index in [0.29, 0.717) is 24.6 Å². The summed E-state index contributed by atoms with van der Waals surface area (Å²) in [5.74, 6) is 0.303. The fourth-order valence-corrected chi connectivity index (χ4v) is 1.88. The number of hydrogen-bond acceptors (Lipinski definition) is 5. The van der Waals surface area contributed by atoms with Crippen LogP contribution in [0.15, 0.2) is 28.7 Å². The highest BCUT2D eigenvalue weighted by molar-refractivity contribution is 5.81. The monoisotopic (exact) mass is 316 g/mol. The molecule has 0 bridgehead atoms. The molecule has 0 aliphatic rings. The van der Waals surface area contributed by atoms with Gasteiger partial charge in [0.1, 0.15) is 0 Å². The molecule has 0 atom stereocenters. The first-order chi connectivity index (χ1) is 11.1. The Hall–Kier alpha value is -2.70. The number of carbonyl (C=O) groups excluding carboxylic acids is 2. The predicted octanol–water partition coefficient (Wildman–Crippen LogP) is 1.93. The minimum atomic E-state index is -0.301. The quantitative estimate of drug-likeness (QED) is 0.794. The zero-order valence-corrected chi connectivity index (χ0v) is 13.3. The second kappa shape index (κ2) is 8.07. The molecule has 1 heterocycles. The minimum Gasteiger partial charge on any atom is -0.421 e. The van der Waals surface area contributed by atoms with E-state index in [-0.39, 0.29) is 18.2 Å². The normalized spacial score (nSPS) is 10.3. The van der Waals surface area contributed by atoms with Gasteiger partial charge in [-0.2, -0.15) is 0 Å². The summed E-state index contributed by atoms with van der Waals surface area (Å²) in [5.41, 5.74) is 6.69. The molecule has 0 spiro atoms. The maximum atomic E-state index is 11.6. The summed E-state index contributed by atoms with van der Waals surface area (Å²) < 4.78 is 5.53. The smallest absolute Gasteiger partial charge is 0.247 e. The summed E-state index contributed by atoms with van der Waals surface area (Å²) in [6, 6.07) is 7.74. The van der Waals surface area contributed by atoms with Gasteiger partial charge in [0.15, 0.2) is 0 Å². The van der Waals surface area contributed by atoms with Gasteiger partial charge < -0.3 is 4.42 Å². The average molecular weight is 316 g/mol. The predicted molar refractivity (Wildman–Crippen MR) is 84.0 cm³/mol. The van der Waals surface area contributed by atoms with Gasteiger partial charge in [-0.3, -0.25) is 20.4 Å². The van der Waals surface area contributed by atoms with Crippen LogP contribution in [0.3, 0.4) is 0 Å². The highest BCUT2D eigenvalue weighted by Gasteiger charge is 2.11. The lowest BCUT2D eigenvalue weighted by atomic mass is 10.1. The number of hydrogen-bond donors (Lipinski definition) is 2. The van der Waals surface area contributed by atoms with Crippen LogP contribution in [0.1, 0.15) is 37.6 Å². The van der Waals surface area contributed by atoms with Gasteiger partial charge in [0, 0.05) is 24.8 Å². The first kappa shape index (κ1) is 16.7. The number of amides is 2. The number of nitrogens with one attached hydrogen (secondary N) is 2. The van der Waals surface area contributed by atoms with Crippen molar-refractivity contribution in [1.82, 2.24) is 21.0 Å². The van der Waals surface area contributed by atoms with Crippen LogP contribution in [-0.2, 0) is 16.0 Å². The Kier molecular flexibility index (Phi) is 5.85. The molecule has 0 saturated heterocycles. The summed E-state index contributed by atoms with van der Waals surface area (Å²) in [5, 5.41) is 7.90. The molecule has 2 amide bonds. The third-order valence-electron chi connectivity index (χ3n) is 3.15. The van der Waals surface area contributed by atoms with E-state index >= 15 is 0 Å². The van der Waals surface area contributed by atoms with Crippen LogP contribution in [-0.4, -0.2) is 22.0 Å². The zero-order chi connectivity index (χ0) is 16.7. The number of carbonyl (C=O) groups is 2. The second-order valence-corrected chi connectivity index (χ2v) is 5.21. The molecule has 1 aromatic carbocycles. The van der Waals surface area contributed by atoms with Crippen LogP contribution < -0.4 is 10.9 Å². The number of rotatable bonds is 6.